The molecular weight excluding hydrogens is 428 g/mol. The number of aromatic nitrogens is 5. The van der Waals surface area contributed by atoms with Crippen LogP contribution in [0.2, 0.25) is 5.02 Å². The Labute approximate surface area is 192 Å². The molecule has 2 atom stereocenters. The number of nitrogens with one attached hydrogen (secondary N) is 2. The number of nitrogens with two attached hydrogens (primary N) is 1. The van der Waals surface area contributed by atoms with Crippen LogP contribution in [-0.2, 0) is 11.2 Å². The van der Waals surface area contributed by atoms with Crippen LogP contribution in [0, 0.1) is 6.92 Å². The second-order valence-electron chi connectivity index (χ2n) is 8.72. The van der Waals surface area contributed by atoms with Crippen LogP contribution in [0.1, 0.15) is 35.9 Å². The van der Waals surface area contributed by atoms with Gasteiger partial charge in [0.1, 0.15) is 6.10 Å². The average molecular weight is 457 g/mol. The van der Waals surface area contributed by atoms with Crippen molar-refractivity contribution in [3.63, 3.8) is 0 Å². The van der Waals surface area contributed by atoms with Crippen LogP contribution in [0.25, 0.3) is 0 Å². The summed E-state index contributed by atoms with van der Waals surface area (Å²) in [6.07, 6.45) is 2.99. The van der Waals surface area contributed by atoms with E-state index in [0.29, 0.717) is 30.6 Å². The number of piperidine rings is 1. The molecule has 0 radical (unpaired) electrons. The molecule has 5 rings (SSSR count). The Morgan fingerprint density at radius 2 is 1.94 bits per heavy atom. The van der Waals surface area contributed by atoms with Crippen molar-refractivity contribution in [2.45, 2.75) is 44.4 Å². The number of rotatable bonds is 5. The molecule has 0 aliphatic carbocycles. The SMILES string of the molecule is Cc1cc([C@H]2CN(C3CCN(c4n[nH]c(N)n4)CC3)[C@@H](Cc3ccc(Cl)cc3)CO2)n[nH]1. The molecule has 2 aliphatic heterocycles. The van der Waals surface area contributed by atoms with E-state index in [-0.39, 0.29) is 6.10 Å². The Kier molecular flexibility index (Phi) is 6.03. The first-order chi connectivity index (χ1) is 15.5. The highest BCUT2D eigenvalue weighted by atomic mass is 35.5. The number of nitrogens with zero attached hydrogens (tertiary/aromatic N) is 5. The zero-order valence-electron chi connectivity index (χ0n) is 18.2. The zero-order valence-corrected chi connectivity index (χ0v) is 18.9. The van der Waals surface area contributed by atoms with E-state index in [2.05, 4.69) is 53.4 Å². The van der Waals surface area contributed by atoms with Gasteiger partial charge in [0.25, 0.3) is 0 Å². The standard InChI is InChI=1S/C22H29ClN8O/c1-14-10-19(27-26-14)20-12-31(18(13-32-20)11-15-2-4-16(23)5-3-15)17-6-8-30(9-7-17)22-25-21(24)28-29-22/h2-5,10,17-18,20H,6-9,11-13H2,1H3,(H,26,27)(H3,24,25,28,29)/t18-,20+/m0/s1. The summed E-state index contributed by atoms with van der Waals surface area (Å²) in [5, 5.41) is 15.2. The van der Waals surface area contributed by atoms with Crippen molar-refractivity contribution in [3.05, 3.63) is 52.3 Å². The van der Waals surface area contributed by atoms with Crippen molar-refractivity contribution in [2.24, 2.45) is 0 Å². The third-order valence-electron chi connectivity index (χ3n) is 6.48. The van der Waals surface area contributed by atoms with Crippen molar-refractivity contribution < 1.29 is 4.74 Å². The van der Waals surface area contributed by atoms with Crippen LogP contribution >= 0.6 is 11.6 Å². The van der Waals surface area contributed by atoms with Crippen LogP contribution in [-0.4, -0.2) is 68.6 Å². The molecule has 0 spiro atoms. The Hall–Kier alpha value is -2.62. The third kappa shape index (κ3) is 4.60. The van der Waals surface area contributed by atoms with Crippen molar-refractivity contribution in [2.75, 3.05) is 36.9 Å². The third-order valence-corrected chi connectivity index (χ3v) is 6.73. The van der Waals surface area contributed by atoms with Crippen LogP contribution < -0.4 is 10.6 Å². The maximum absolute atomic E-state index is 6.30. The summed E-state index contributed by atoms with van der Waals surface area (Å²) in [5.74, 6) is 1.04. The van der Waals surface area contributed by atoms with Gasteiger partial charge in [0.2, 0.25) is 11.9 Å². The fourth-order valence-corrected chi connectivity index (χ4v) is 4.95. The van der Waals surface area contributed by atoms with Crippen molar-refractivity contribution in [1.29, 1.82) is 0 Å². The Bertz CT molecular complexity index is 1030. The Morgan fingerprint density at radius 1 is 1.16 bits per heavy atom. The fourth-order valence-electron chi connectivity index (χ4n) is 4.82. The largest absolute Gasteiger partial charge is 0.369 e. The lowest BCUT2D eigenvalue weighted by molar-refractivity contribution is -0.0855. The first-order valence-corrected chi connectivity index (χ1v) is 11.5. The number of halogens is 1. The molecule has 32 heavy (non-hydrogen) atoms. The van der Waals surface area contributed by atoms with E-state index in [1.807, 2.05) is 19.1 Å². The number of H-pyrrole nitrogens is 2. The normalized spacial score (nSPS) is 23.0. The molecule has 2 saturated heterocycles. The molecule has 170 valence electrons. The van der Waals surface area contributed by atoms with Crippen LogP contribution in [0.15, 0.2) is 30.3 Å². The summed E-state index contributed by atoms with van der Waals surface area (Å²) in [4.78, 5) is 9.12. The van der Waals surface area contributed by atoms with E-state index >= 15 is 0 Å². The van der Waals surface area contributed by atoms with Gasteiger partial charge < -0.3 is 15.4 Å². The second-order valence-corrected chi connectivity index (χ2v) is 9.15. The lowest BCUT2D eigenvalue weighted by Gasteiger charge is -2.46. The highest BCUT2D eigenvalue weighted by Crippen LogP contribution is 2.31. The van der Waals surface area contributed by atoms with E-state index in [0.717, 1.165) is 55.3 Å². The van der Waals surface area contributed by atoms with Gasteiger partial charge >= 0.3 is 0 Å². The van der Waals surface area contributed by atoms with E-state index < -0.39 is 0 Å². The second kappa shape index (κ2) is 9.09. The number of benzene rings is 1. The number of ether oxygens (including phenoxy) is 1. The van der Waals surface area contributed by atoms with Crippen LogP contribution in [0.4, 0.5) is 11.9 Å². The van der Waals surface area contributed by atoms with E-state index in [4.69, 9.17) is 22.1 Å². The molecule has 2 aliphatic rings. The minimum absolute atomic E-state index is 0.0211. The molecule has 0 unspecified atom stereocenters. The Balaban J connectivity index is 1.31. The summed E-state index contributed by atoms with van der Waals surface area (Å²) in [7, 11) is 0. The molecule has 2 fully saturated rings. The number of hydrogen-bond acceptors (Lipinski definition) is 7. The lowest BCUT2D eigenvalue weighted by atomic mass is 9.96. The predicted octanol–water partition coefficient (Wildman–Crippen LogP) is 2.73. The minimum Gasteiger partial charge on any atom is -0.369 e. The van der Waals surface area contributed by atoms with Crippen molar-refractivity contribution in [3.8, 4) is 0 Å². The van der Waals surface area contributed by atoms with Gasteiger partial charge in [-0.3, -0.25) is 10.00 Å². The number of nitrogen functional groups attached to an aromatic ring is 1. The van der Waals surface area contributed by atoms with Gasteiger partial charge in [-0.25, -0.2) is 5.10 Å². The summed E-state index contributed by atoms with van der Waals surface area (Å²) < 4.78 is 6.30. The fraction of sp³-hybridized carbons (Fsp3) is 0.500. The minimum atomic E-state index is -0.0211. The number of hydrogen-bond donors (Lipinski definition) is 3. The van der Waals surface area contributed by atoms with Gasteiger partial charge in [0.05, 0.1) is 12.3 Å². The summed E-state index contributed by atoms with van der Waals surface area (Å²) >= 11 is 6.09. The van der Waals surface area contributed by atoms with E-state index in [9.17, 15) is 0 Å². The number of aryl methyl sites for hydroxylation is 1. The van der Waals surface area contributed by atoms with Gasteiger partial charge in [0, 0.05) is 42.4 Å². The molecule has 4 N–H and O–H groups in total. The smallest absolute Gasteiger partial charge is 0.246 e. The average Bonchev–Trinajstić information content (AvgIpc) is 3.44. The lowest BCUT2D eigenvalue weighted by Crippen LogP contribution is -2.55. The molecule has 2 aromatic heterocycles. The number of morpholine rings is 1. The maximum atomic E-state index is 6.30. The summed E-state index contributed by atoms with van der Waals surface area (Å²) in [5.41, 5.74) is 9.01. The van der Waals surface area contributed by atoms with Gasteiger partial charge in [-0.05, 0) is 49.9 Å². The number of aromatic amines is 2. The molecular formula is C22H29ClN8O. The maximum Gasteiger partial charge on any atom is 0.246 e. The van der Waals surface area contributed by atoms with Gasteiger partial charge in [-0.15, -0.1) is 5.10 Å². The molecule has 1 aromatic carbocycles. The first-order valence-electron chi connectivity index (χ1n) is 11.1. The van der Waals surface area contributed by atoms with Crippen LogP contribution in [0.3, 0.4) is 0 Å². The van der Waals surface area contributed by atoms with Gasteiger partial charge in [0.15, 0.2) is 0 Å². The molecule has 4 heterocycles. The topological polar surface area (TPSA) is 112 Å². The van der Waals surface area contributed by atoms with E-state index in [1.165, 1.54) is 5.56 Å². The quantitative estimate of drug-likeness (QED) is 0.541. The summed E-state index contributed by atoms with van der Waals surface area (Å²) in [6.45, 7) is 5.34. The predicted molar refractivity (Wildman–Crippen MR) is 124 cm³/mol. The molecule has 3 aromatic rings. The van der Waals surface area contributed by atoms with Crippen molar-refractivity contribution in [1.82, 2.24) is 30.3 Å². The monoisotopic (exact) mass is 456 g/mol. The van der Waals surface area contributed by atoms with E-state index in [1.54, 1.807) is 0 Å². The summed E-state index contributed by atoms with van der Waals surface area (Å²) in [6, 6.07) is 11.0. The molecule has 10 heteroatoms. The molecule has 0 bridgehead atoms. The van der Waals surface area contributed by atoms with Gasteiger partial charge in [-0.1, -0.05) is 23.7 Å². The number of anilines is 2. The highest BCUT2D eigenvalue weighted by molar-refractivity contribution is 6.30. The molecule has 0 amide bonds. The molecule has 9 nitrogen and oxygen atoms in total. The van der Waals surface area contributed by atoms with Crippen LogP contribution in [0.5, 0.6) is 0 Å². The first kappa shape index (κ1) is 21.2. The zero-order chi connectivity index (χ0) is 22.1. The van der Waals surface area contributed by atoms with Gasteiger partial charge in [-0.2, -0.15) is 10.1 Å². The Morgan fingerprint density at radius 3 is 2.59 bits per heavy atom. The highest BCUT2D eigenvalue weighted by Gasteiger charge is 2.37. The molecule has 0 saturated carbocycles. The van der Waals surface area contributed by atoms with Crippen molar-refractivity contribution >= 4 is 23.5 Å².